The van der Waals surface area contributed by atoms with Crippen LogP contribution in [0.4, 0.5) is 0 Å². The molecule has 3 rings (SSSR count). The first-order valence-electron chi connectivity index (χ1n) is 8.95. The van der Waals surface area contributed by atoms with Crippen LogP contribution in [0.1, 0.15) is 87.1 Å². The standard InChI is InChI=1S/C20H30S/c1-13(2)19-15-9-5-7-11-17(15)20(21-14(3)4)18-12-8-6-10-16(18)19/h13-14H,5-12H2,1-4H3. The van der Waals surface area contributed by atoms with Gasteiger partial charge in [-0.1, -0.05) is 27.7 Å². The SMILES string of the molecule is CC(C)Sc1c2c(c(C(C)C)c3c1CCCC3)CCCC2. The maximum atomic E-state index is 2.41. The van der Waals surface area contributed by atoms with Gasteiger partial charge in [0.1, 0.15) is 0 Å². The van der Waals surface area contributed by atoms with Gasteiger partial charge in [0, 0.05) is 10.1 Å². The highest BCUT2D eigenvalue weighted by Gasteiger charge is 2.27. The number of benzene rings is 1. The third kappa shape index (κ3) is 2.91. The fourth-order valence-corrected chi connectivity index (χ4v) is 5.55. The minimum atomic E-state index is 0.696. The fraction of sp³-hybridized carbons (Fsp3) is 0.700. The molecule has 0 heterocycles. The Labute approximate surface area is 135 Å². The molecule has 2 aliphatic rings. The monoisotopic (exact) mass is 302 g/mol. The predicted octanol–water partition coefficient (Wildman–Crippen LogP) is 6.07. The van der Waals surface area contributed by atoms with E-state index in [0.29, 0.717) is 11.2 Å². The molecule has 0 atom stereocenters. The van der Waals surface area contributed by atoms with Crippen LogP contribution in [0.5, 0.6) is 0 Å². The van der Waals surface area contributed by atoms with E-state index in [9.17, 15) is 0 Å². The van der Waals surface area contributed by atoms with Gasteiger partial charge in [-0.05, 0) is 85.1 Å². The summed E-state index contributed by atoms with van der Waals surface area (Å²) in [7, 11) is 0. The van der Waals surface area contributed by atoms with Crippen molar-refractivity contribution in [1.82, 2.24) is 0 Å². The summed E-state index contributed by atoms with van der Waals surface area (Å²) in [5.41, 5.74) is 8.79. The highest BCUT2D eigenvalue weighted by atomic mass is 32.2. The van der Waals surface area contributed by atoms with Crippen LogP contribution in [0, 0.1) is 0 Å². The Bertz CT molecular complexity index is 488. The summed E-state index contributed by atoms with van der Waals surface area (Å²) < 4.78 is 0. The second kappa shape index (κ2) is 6.36. The molecule has 0 amide bonds. The van der Waals surface area contributed by atoms with Crippen LogP contribution in [0.3, 0.4) is 0 Å². The fourth-order valence-electron chi connectivity index (χ4n) is 4.35. The van der Waals surface area contributed by atoms with Crippen LogP contribution in [0.25, 0.3) is 0 Å². The van der Waals surface area contributed by atoms with Crippen LogP contribution in [0.15, 0.2) is 4.90 Å². The van der Waals surface area contributed by atoms with Crippen molar-refractivity contribution in [1.29, 1.82) is 0 Å². The molecule has 0 unspecified atom stereocenters. The average molecular weight is 303 g/mol. The molecule has 0 bridgehead atoms. The maximum Gasteiger partial charge on any atom is 0.0144 e. The van der Waals surface area contributed by atoms with E-state index in [1.165, 1.54) is 51.4 Å². The van der Waals surface area contributed by atoms with Crippen molar-refractivity contribution < 1.29 is 0 Å². The predicted molar refractivity (Wildman–Crippen MR) is 94.8 cm³/mol. The van der Waals surface area contributed by atoms with Gasteiger partial charge in [0.15, 0.2) is 0 Å². The molecule has 0 saturated heterocycles. The maximum absolute atomic E-state index is 2.41. The molecular formula is C20H30S. The average Bonchev–Trinajstić information content (AvgIpc) is 2.46. The molecule has 1 aromatic carbocycles. The first-order valence-corrected chi connectivity index (χ1v) is 9.83. The van der Waals surface area contributed by atoms with Gasteiger partial charge in [0.05, 0.1) is 0 Å². The van der Waals surface area contributed by atoms with E-state index in [2.05, 4.69) is 39.5 Å². The van der Waals surface area contributed by atoms with Crippen molar-refractivity contribution in [2.45, 2.75) is 95.1 Å². The Kier molecular flexibility index (Phi) is 4.69. The quantitative estimate of drug-likeness (QED) is 0.611. The molecule has 0 N–H and O–H groups in total. The van der Waals surface area contributed by atoms with Gasteiger partial charge in [0.2, 0.25) is 0 Å². The first-order chi connectivity index (χ1) is 10.1. The second-order valence-electron chi connectivity index (χ2n) is 7.39. The highest BCUT2D eigenvalue weighted by Crippen LogP contribution is 2.44. The number of hydrogen-bond donors (Lipinski definition) is 0. The summed E-state index contributed by atoms with van der Waals surface area (Å²) in [4.78, 5) is 1.71. The van der Waals surface area contributed by atoms with Crippen LogP contribution < -0.4 is 0 Å². The van der Waals surface area contributed by atoms with Crippen LogP contribution in [-0.2, 0) is 25.7 Å². The molecule has 0 aliphatic heterocycles. The van der Waals surface area contributed by atoms with Gasteiger partial charge in [-0.25, -0.2) is 0 Å². The van der Waals surface area contributed by atoms with Gasteiger partial charge in [0.25, 0.3) is 0 Å². The van der Waals surface area contributed by atoms with Crippen molar-refractivity contribution in [2.24, 2.45) is 0 Å². The zero-order valence-electron chi connectivity index (χ0n) is 14.2. The molecule has 1 aromatic rings. The normalized spacial score (nSPS) is 18.0. The summed E-state index contributed by atoms with van der Waals surface area (Å²) in [6.45, 7) is 9.53. The van der Waals surface area contributed by atoms with Crippen molar-refractivity contribution >= 4 is 11.8 Å². The molecule has 2 aliphatic carbocycles. The Morgan fingerprint density at radius 1 is 0.667 bits per heavy atom. The first kappa shape index (κ1) is 15.5. The van der Waals surface area contributed by atoms with Crippen molar-refractivity contribution in [3.8, 4) is 0 Å². The van der Waals surface area contributed by atoms with E-state index in [0.717, 1.165) is 0 Å². The molecule has 21 heavy (non-hydrogen) atoms. The Morgan fingerprint density at radius 2 is 1.10 bits per heavy atom. The summed E-state index contributed by atoms with van der Waals surface area (Å²) in [5, 5.41) is 0.701. The summed E-state index contributed by atoms with van der Waals surface area (Å²) in [6, 6.07) is 0. The van der Waals surface area contributed by atoms with E-state index >= 15 is 0 Å². The van der Waals surface area contributed by atoms with Crippen LogP contribution in [0.2, 0.25) is 0 Å². The molecule has 0 spiro atoms. The van der Waals surface area contributed by atoms with Crippen molar-refractivity contribution in [3.05, 3.63) is 27.8 Å². The third-order valence-corrected chi connectivity index (χ3v) is 6.26. The Morgan fingerprint density at radius 3 is 1.48 bits per heavy atom. The van der Waals surface area contributed by atoms with Gasteiger partial charge in [-0.3, -0.25) is 0 Å². The molecule has 0 radical (unpaired) electrons. The molecular weight excluding hydrogens is 272 g/mol. The lowest BCUT2D eigenvalue weighted by molar-refractivity contribution is 0.619. The van der Waals surface area contributed by atoms with Gasteiger partial charge < -0.3 is 0 Å². The molecule has 116 valence electrons. The second-order valence-corrected chi connectivity index (χ2v) is 8.98. The van der Waals surface area contributed by atoms with Gasteiger partial charge >= 0.3 is 0 Å². The zero-order valence-corrected chi connectivity index (χ0v) is 15.0. The molecule has 0 saturated carbocycles. The molecule has 0 aromatic heterocycles. The molecule has 1 heteroatoms. The van der Waals surface area contributed by atoms with E-state index < -0.39 is 0 Å². The smallest absolute Gasteiger partial charge is 0.0144 e. The summed E-state index contributed by atoms with van der Waals surface area (Å²) in [5.74, 6) is 0.696. The number of rotatable bonds is 3. The zero-order chi connectivity index (χ0) is 15.0. The topological polar surface area (TPSA) is 0 Å². The van der Waals surface area contributed by atoms with E-state index in [-0.39, 0.29) is 0 Å². The van der Waals surface area contributed by atoms with Crippen LogP contribution >= 0.6 is 11.8 Å². The van der Waals surface area contributed by atoms with E-state index in [1.54, 1.807) is 32.7 Å². The molecule has 0 fully saturated rings. The number of fused-ring (bicyclic) bond motifs is 2. The third-order valence-electron chi connectivity index (χ3n) is 5.06. The Balaban J connectivity index is 2.24. The van der Waals surface area contributed by atoms with Gasteiger partial charge in [-0.2, -0.15) is 0 Å². The minimum Gasteiger partial charge on any atom is -0.123 e. The summed E-state index contributed by atoms with van der Waals surface area (Å²) >= 11 is 2.15. The molecule has 0 nitrogen and oxygen atoms in total. The lowest BCUT2D eigenvalue weighted by Gasteiger charge is -2.33. The highest BCUT2D eigenvalue weighted by molar-refractivity contribution is 8.00. The number of thioether (sulfide) groups is 1. The van der Waals surface area contributed by atoms with Crippen LogP contribution in [-0.4, -0.2) is 5.25 Å². The number of hydrogen-bond acceptors (Lipinski definition) is 1. The minimum absolute atomic E-state index is 0.696. The largest absolute Gasteiger partial charge is 0.123 e. The van der Waals surface area contributed by atoms with Crippen molar-refractivity contribution in [2.75, 3.05) is 0 Å². The van der Waals surface area contributed by atoms with Crippen molar-refractivity contribution in [3.63, 3.8) is 0 Å². The lowest BCUT2D eigenvalue weighted by atomic mass is 9.76. The lowest BCUT2D eigenvalue weighted by Crippen LogP contribution is -2.18. The summed E-state index contributed by atoms with van der Waals surface area (Å²) in [6.07, 6.45) is 10.9. The van der Waals surface area contributed by atoms with E-state index in [1.807, 2.05) is 0 Å². The van der Waals surface area contributed by atoms with E-state index in [4.69, 9.17) is 0 Å². The Hall–Kier alpha value is -0.430. The van der Waals surface area contributed by atoms with Gasteiger partial charge in [-0.15, -0.1) is 11.8 Å².